The second-order valence-electron chi connectivity index (χ2n) is 14.2. The highest BCUT2D eigenvalue weighted by atomic mass is 16.6. The van der Waals surface area contributed by atoms with E-state index < -0.39 is 47.5 Å². The number of aliphatic hydroxyl groups excluding tert-OH is 1. The molecule has 4 N–H and O–H groups in total. The fourth-order valence-electron chi connectivity index (χ4n) is 6.64. The van der Waals surface area contributed by atoms with E-state index in [4.69, 9.17) is 23.7 Å². The molecule has 1 fully saturated rings. The summed E-state index contributed by atoms with van der Waals surface area (Å²) in [7, 11) is 3.33. The Morgan fingerprint density at radius 1 is 1.18 bits per heavy atom. The lowest BCUT2D eigenvalue weighted by Gasteiger charge is -2.32. The van der Waals surface area contributed by atoms with Crippen molar-refractivity contribution in [2.45, 2.75) is 135 Å². The lowest BCUT2D eigenvalue weighted by molar-refractivity contribution is -0.157. The van der Waals surface area contributed by atoms with Crippen molar-refractivity contribution in [2.24, 2.45) is 11.8 Å². The highest BCUT2D eigenvalue weighted by Crippen LogP contribution is 2.39. The van der Waals surface area contributed by atoms with Gasteiger partial charge in [-0.15, -0.1) is 0 Å². The number of benzene rings is 1. The van der Waals surface area contributed by atoms with Crippen LogP contribution in [0.5, 0.6) is 5.75 Å². The van der Waals surface area contributed by atoms with Crippen molar-refractivity contribution in [3.05, 3.63) is 65.8 Å². The molecule has 2 aliphatic heterocycles. The summed E-state index contributed by atoms with van der Waals surface area (Å²) in [6, 6.07) is 7.27. The third-order valence-electron chi connectivity index (χ3n) is 9.87. The van der Waals surface area contributed by atoms with E-state index in [1.807, 2.05) is 38.1 Å². The van der Waals surface area contributed by atoms with Gasteiger partial charge < -0.3 is 44.3 Å². The molecule has 3 rings (SSSR count). The SMILES string of the molecule is CC[C@H](OC)[C@@H](C)[C@H]1O[C@@H]1C(NCc1ccc(OC)cc1)C(C)(O)/C=C/C=C(\C)[C@@H]1OC(=O)C[C@H](O)CC[C@@](C)(O)[C@@H](OC(C)=O)/C=C/[C@@H]1C. The first-order valence-corrected chi connectivity index (χ1v) is 17.6. The smallest absolute Gasteiger partial charge is 0.309 e. The second kappa shape index (κ2) is 18.4. The maximum absolute atomic E-state index is 12.9. The third kappa shape index (κ3) is 11.7. The van der Waals surface area contributed by atoms with Crippen LogP contribution >= 0.6 is 0 Å². The summed E-state index contributed by atoms with van der Waals surface area (Å²) < 4.78 is 28.5. The Labute approximate surface area is 297 Å². The molecule has 11 nitrogen and oxygen atoms in total. The van der Waals surface area contributed by atoms with E-state index in [0.29, 0.717) is 12.1 Å². The summed E-state index contributed by atoms with van der Waals surface area (Å²) in [5, 5.41) is 37.0. The Balaban J connectivity index is 1.87. The fourth-order valence-corrected chi connectivity index (χ4v) is 6.64. The molecular formula is C39H59NO10. The highest BCUT2D eigenvalue weighted by molar-refractivity contribution is 5.70. The van der Waals surface area contributed by atoms with Gasteiger partial charge >= 0.3 is 11.9 Å². The molecule has 1 saturated heterocycles. The predicted octanol–water partition coefficient (Wildman–Crippen LogP) is 4.57. The minimum absolute atomic E-state index is 0.0274. The van der Waals surface area contributed by atoms with Crippen LogP contribution in [0, 0.1) is 11.8 Å². The van der Waals surface area contributed by atoms with E-state index in [2.05, 4.69) is 19.2 Å². The molecule has 0 saturated carbocycles. The first kappa shape index (κ1) is 41.4. The first-order chi connectivity index (χ1) is 23.5. The number of ether oxygens (including phenoxy) is 5. The Bertz CT molecular complexity index is 1330. The van der Waals surface area contributed by atoms with Crippen molar-refractivity contribution in [1.82, 2.24) is 5.32 Å². The number of cyclic esters (lactones) is 1. The summed E-state index contributed by atoms with van der Waals surface area (Å²) in [4.78, 5) is 24.7. The second-order valence-corrected chi connectivity index (χ2v) is 14.2. The summed E-state index contributed by atoms with van der Waals surface area (Å²) in [6.45, 7) is 12.9. The predicted molar refractivity (Wildman–Crippen MR) is 190 cm³/mol. The van der Waals surface area contributed by atoms with Crippen LogP contribution in [0.4, 0.5) is 0 Å². The standard InChI is InChI=1S/C39H59NO10/c1-10-31(47-9)26(4)35-36(50-35)37(40-23-28-14-16-30(46-8)17-15-28)39(7,45)20-11-12-24(2)34-25(3)13-18-32(48-27(5)41)38(6,44)21-19-29(42)22-33(43)49-34/h11-18,20,25-26,29,31-32,34-37,40,42,44-45H,10,19,21-23H2,1-9H3/b18-13+,20-11+,24-12+/t25-,26+,29+,31-,32-,34-,35+,36-,37?,38+,39?/m0/s1. The zero-order chi connectivity index (χ0) is 37.2. The van der Waals surface area contributed by atoms with Crippen LogP contribution in [0.15, 0.2) is 60.2 Å². The molecule has 11 atom stereocenters. The number of aliphatic hydroxyl groups is 3. The van der Waals surface area contributed by atoms with Gasteiger partial charge in [0.05, 0.1) is 43.5 Å². The summed E-state index contributed by atoms with van der Waals surface area (Å²) >= 11 is 0. The van der Waals surface area contributed by atoms with Gasteiger partial charge in [-0.3, -0.25) is 9.59 Å². The minimum Gasteiger partial charge on any atom is -0.497 e. The lowest BCUT2D eigenvalue weighted by Crippen LogP contribution is -2.52. The van der Waals surface area contributed by atoms with Gasteiger partial charge in [-0.05, 0) is 69.4 Å². The van der Waals surface area contributed by atoms with Crippen molar-refractivity contribution in [2.75, 3.05) is 14.2 Å². The lowest BCUT2D eigenvalue weighted by atomic mass is 9.87. The molecule has 0 aliphatic carbocycles. The number of epoxide rings is 1. The Morgan fingerprint density at radius 2 is 1.86 bits per heavy atom. The number of esters is 2. The van der Waals surface area contributed by atoms with Crippen molar-refractivity contribution in [3.8, 4) is 5.75 Å². The largest absolute Gasteiger partial charge is 0.497 e. The molecule has 280 valence electrons. The summed E-state index contributed by atoms with van der Waals surface area (Å²) in [5.41, 5.74) is -1.10. The maximum Gasteiger partial charge on any atom is 0.309 e. The molecule has 0 radical (unpaired) electrons. The normalized spacial score (nSPS) is 31.7. The van der Waals surface area contributed by atoms with E-state index in [9.17, 15) is 24.9 Å². The van der Waals surface area contributed by atoms with E-state index in [-0.39, 0.29) is 49.4 Å². The number of allylic oxidation sites excluding steroid dienone is 2. The molecule has 2 heterocycles. The van der Waals surface area contributed by atoms with Crippen LogP contribution in [0.2, 0.25) is 0 Å². The number of rotatable bonds is 14. The molecular weight excluding hydrogens is 642 g/mol. The molecule has 11 heteroatoms. The number of nitrogens with one attached hydrogen (secondary N) is 1. The Kier molecular flexibility index (Phi) is 15.3. The van der Waals surface area contributed by atoms with Crippen LogP contribution < -0.4 is 10.1 Å². The Hall–Kier alpha value is -3.06. The van der Waals surface area contributed by atoms with Crippen LogP contribution in [-0.4, -0.2) is 95.3 Å². The quantitative estimate of drug-likeness (QED) is 0.0933. The van der Waals surface area contributed by atoms with Gasteiger partial charge in [-0.25, -0.2) is 0 Å². The molecule has 1 aromatic carbocycles. The van der Waals surface area contributed by atoms with E-state index >= 15 is 0 Å². The molecule has 0 spiro atoms. The van der Waals surface area contributed by atoms with Gasteiger partial charge in [0.2, 0.25) is 0 Å². The van der Waals surface area contributed by atoms with E-state index in [1.54, 1.807) is 58.4 Å². The topological polar surface area (TPSA) is 156 Å². The van der Waals surface area contributed by atoms with Gasteiger partial charge in [0.25, 0.3) is 0 Å². The first-order valence-electron chi connectivity index (χ1n) is 17.6. The van der Waals surface area contributed by atoms with Gasteiger partial charge in [-0.1, -0.05) is 57.2 Å². The molecule has 1 aromatic rings. The van der Waals surface area contributed by atoms with Crippen molar-refractivity contribution >= 4 is 11.9 Å². The molecule has 0 aromatic heterocycles. The molecule has 2 aliphatic rings. The fraction of sp³-hybridized carbons (Fsp3) is 0.641. The zero-order valence-corrected chi connectivity index (χ0v) is 31.1. The zero-order valence-electron chi connectivity index (χ0n) is 31.1. The number of carbonyl (C=O) groups is 2. The van der Waals surface area contributed by atoms with E-state index in [1.165, 1.54) is 6.92 Å². The van der Waals surface area contributed by atoms with Crippen LogP contribution in [0.3, 0.4) is 0 Å². The summed E-state index contributed by atoms with van der Waals surface area (Å²) in [5.74, 6) is -0.623. The summed E-state index contributed by atoms with van der Waals surface area (Å²) in [6.07, 6.45) is 6.34. The maximum atomic E-state index is 12.9. The van der Waals surface area contributed by atoms with Gasteiger partial charge in [0.15, 0.2) is 0 Å². The van der Waals surface area contributed by atoms with Crippen LogP contribution in [0.25, 0.3) is 0 Å². The number of hydrogen-bond acceptors (Lipinski definition) is 11. The van der Waals surface area contributed by atoms with Gasteiger partial charge in [0.1, 0.15) is 29.7 Å². The van der Waals surface area contributed by atoms with E-state index in [0.717, 1.165) is 17.7 Å². The highest BCUT2D eigenvalue weighted by Gasteiger charge is 2.54. The van der Waals surface area contributed by atoms with Gasteiger partial charge in [0, 0.05) is 32.4 Å². The monoisotopic (exact) mass is 701 g/mol. The van der Waals surface area contributed by atoms with Crippen molar-refractivity contribution in [3.63, 3.8) is 0 Å². The number of carbonyl (C=O) groups excluding carboxylic acids is 2. The molecule has 50 heavy (non-hydrogen) atoms. The van der Waals surface area contributed by atoms with Crippen molar-refractivity contribution in [1.29, 1.82) is 0 Å². The number of methoxy groups -OCH3 is 2. The Morgan fingerprint density at radius 3 is 2.46 bits per heavy atom. The minimum atomic E-state index is -1.46. The van der Waals surface area contributed by atoms with Crippen molar-refractivity contribution < 1.29 is 48.6 Å². The molecule has 0 bridgehead atoms. The van der Waals surface area contributed by atoms with Crippen LogP contribution in [0.1, 0.15) is 79.7 Å². The average molecular weight is 702 g/mol. The molecule has 0 amide bonds. The average Bonchev–Trinajstić information content (AvgIpc) is 3.85. The third-order valence-corrected chi connectivity index (χ3v) is 9.87. The van der Waals surface area contributed by atoms with Crippen LogP contribution in [-0.2, 0) is 35.1 Å². The number of hydrogen-bond donors (Lipinski definition) is 4. The van der Waals surface area contributed by atoms with Gasteiger partial charge in [-0.2, -0.15) is 0 Å². The molecule has 2 unspecified atom stereocenters.